The van der Waals surface area contributed by atoms with Gasteiger partial charge in [0.05, 0.1) is 5.52 Å². The molecule has 0 fully saturated rings. The molecule has 4 aromatic rings. The number of fused-ring (bicyclic) bond motifs is 3. The molecule has 1 radical (unpaired) electrons. The second-order valence-corrected chi connectivity index (χ2v) is 13.9. The summed E-state index contributed by atoms with van der Waals surface area (Å²) < 4.78 is 0. The third kappa shape index (κ3) is 8.52. The summed E-state index contributed by atoms with van der Waals surface area (Å²) in [6, 6.07) is 16.9. The van der Waals surface area contributed by atoms with E-state index in [9.17, 15) is 9.90 Å². The fourth-order valence-corrected chi connectivity index (χ4v) is 5.75. The molecule has 0 saturated heterocycles. The fourth-order valence-electron chi connectivity index (χ4n) is 5.75. The number of aliphatic hydroxyl groups excluding tert-OH is 1. The molecule has 0 aliphatic carbocycles. The molecule has 4 nitrogen and oxygen atoms in total. The Balaban J connectivity index is 0.000000356. The topological polar surface area (TPSA) is 63.1 Å². The van der Waals surface area contributed by atoms with Gasteiger partial charge in [0.25, 0.3) is 0 Å². The van der Waals surface area contributed by atoms with Crippen LogP contribution in [0.15, 0.2) is 54.6 Å². The van der Waals surface area contributed by atoms with E-state index in [4.69, 9.17) is 4.98 Å². The minimum Gasteiger partial charge on any atom is -0.512 e. The summed E-state index contributed by atoms with van der Waals surface area (Å²) in [6.07, 6.45) is 6.45. The van der Waals surface area contributed by atoms with Gasteiger partial charge in [-0.1, -0.05) is 107 Å². The average Bonchev–Trinajstić information content (AvgIpc) is 3.02. The van der Waals surface area contributed by atoms with Crippen molar-refractivity contribution in [1.82, 2.24) is 9.97 Å². The zero-order valence-electron chi connectivity index (χ0n) is 30.2. The normalized spacial score (nSPS) is 12.3. The molecule has 1 N–H and O–H groups in total. The van der Waals surface area contributed by atoms with Crippen molar-refractivity contribution in [3.63, 3.8) is 0 Å². The monoisotopic (exact) mass is 800 g/mol. The Morgan fingerprint density at radius 2 is 1.48 bits per heavy atom. The maximum Gasteiger partial charge on any atom is 0.164 e. The number of hydrogen-bond donors (Lipinski definition) is 1. The van der Waals surface area contributed by atoms with Crippen molar-refractivity contribution in [2.24, 2.45) is 10.8 Å². The molecule has 1 aromatic heterocycles. The molecule has 46 heavy (non-hydrogen) atoms. The zero-order chi connectivity index (χ0) is 33.7. The van der Waals surface area contributed by atoms with Gasteiger partial charge in [-0.05, 0) is 65.1 Å². The third-order valence-corrected chi connectivity index (χ3v) is 10.1. The van der Waals surface area contributed by atoms with Crippen LogP contribution in [0, 0.1) is 30.7 Å². The molecule has 0 saturated carbocycles. The predicted molar refractivity (Wildman–Crippen MR) is 192 cm³/mol. The Labute approximate surface area is 291 Å². The Kier molecular flexibility index (Phi) is 13.9. The van der Waals surface area contributed by atoms with Gasteiger partial charge in [-0.2, -0.15) is 0 Å². The van der Waals surface area contributed by atoms with Crippen LogP contribution in [-0.2, 0) is 24.9 Å². The maximum atomic E-state index is 12.2. The molecular formula is C41H55IrN2O2-. The van der Waals surface area contributed by atoms with E-state index >= 15 is 0 Å². The Bertz CT molecular complexity index is 1660. The van der Waals surface area contributed by atoms with Gasteiger partial charge in [0.1, 0.15) is 12.1 Å². The largest absolute Gasteiger partial charge is 0.512 e. The maximum absolute atomic E-state index is 12.2. The third-order valence-electron chi connectivity index (χ3n) is 10.1. The van der Waals surface area contributed by atoms with Crippen LogP contribution in [0.4, 0.5) is 0 Å². The van der Waals surface area contributed by atoms with E-state index < -0.39 is 0 Å². The quantitative estimate of drug-likeness (QED) is 0.0751. The van der Waals surface area contributed by atoms with Crippen molar-refractivity contribution in [3.05, 3.63) is 82.9 Å². The molecule has 0 aliphatic rings. The van der Waals surface area contributed by atoms with Crippen molar-refractivity contribution >= 4 is 27.5 Å². The molecule has 0 spiro atoms. The zero-order valence-corrected chi connectivity index (χ0v) is 32.6. The molecule has 3 aromatic carbocycles. The first kappa shape index (κ1) is 39.3. The van der Waals surface area contributed by atoms with Gasteiger partial charge in [0.2, 0.25) is 0 Å². The number of ketones is 1. The van der Waals surface area contributed by atoms with Crippen LogP contribution in [0.3, 0.4) is 0 Å². The van der Waals surface area contributed by atoms with E-state index in [2.05, 4.69) is 89.0 Å². The van der Waals surface area contributed by atoms with E-state index in [1.807, 2.05) is 41.5 Å². The number of allylic oxidation sites excluding steroid dienone is 2. The Hall–Kier alpha value is -2.88. The first-order chi connectivity index (χ1) is 21.1. The summed E-state index contributed by atoms with van der Waals surface area (Å²) in [4.78, 5) is 21.6. The number of aryl methyl sites for hydroxylation is 2. The van der Waals surface area contributed by atoms with Crippen LogP contribution in [0.1, 0.15) is 129 Å². The van der Waals surface area contributed by atoms with Crippen LogP contribution < -0.4 is 0 Å². The van der Waals surface area contributed by atoms with Gasteiger partial charge in [0, 0.05) is 42.4 Å². The number of nitrogens with zero attached hydrogens (tertiary/aromatic N) is 2. The molecule has 0 atom stereocenters. The van der Waals surface area contributed by atoms with E-state index in [1.165, 1.54) is 33.5 Å². The van der Waals surface area contributed by atoms with E-state index in [-0.39, 0.29) is 42.5 Å². The SMILES string of the molecule is CCC(C)(CC)C(=O)/C=C(\O)C(C)(CC)CC.Cc1[c-]c(-c2ncnc3c2ccc2cc(C(C)C)cc(C(C)C)c23)cc(C)c1.[Ir]. The van der Waals surface area contributed by atoms with Crippen molar-refractivity contribution in [2.75, 3.05) is 0 Å². The van der Waals surface area contributed by atoms with Crippen LogP contribution >= 0.6 is 0 Å². The number of rotatable bonds is 10. The van der Waals surface area contributed by atoms with Crippen molar-refractivity contribution in [2.45, 2.75) is 121 Å². The molecule has 0 bridgehead atoms. The number of benzene rings is 3. The van der Waals surface area contributed by atoms with Crippen LogP contribution in [0.2, 0.25) is 0 Å². The van der Waals surface area contributed by atoms with Gasteiger partial charge in [-0.3, -0.25) is 9.78 Å². The summed E-state index contributed by atoms with van der Waals surface area (Å²) in [5, 5.41) is 13.7. The first-order valence-electron chi connectivity index (χ1n) is 16.8. The minimum atomic E-state index is -0.337. The molecule has 1 heterocycles. The van der Waals surface area contributed by atoms with E-state index in [0.717, 1.165) is 53.4 Å². The number of carbonyl (C=O) groups is 1. The van der Waals surface area contributed by atoms with Crippen LogP contribution in [0.25, 0.3) is 32.9 Å². The molecule has 5 heteroatoms. The number of carbonyl (C=O) groups excluding carboxylic acids is 1. The summed E-state index contributed by atoms with van der Waals surface area (Å²) in [5.41, 5.74) is 7.53. The number of aromatic nitrogens is 2. The number of aliphatic hydroxyl groups is 1. The van der Waals surface area contributed by atoms with Crippen molar-refractivity contribution < 1.29 is 30.0 Å². The Morgan fingerprint density at radius 3 is 2.00 bits per heavy atom. The average molecular weight is 800 g/mol. The molecular weight excluding hydrogens is 745 g/mol. The van der Waals surface area contributed by atoms with Gasteiger partial charge >= 0.3 is 0 Å². The minimum absolute atomic E-state index is 0. The standard InChI is InChI=1S/C26H27N2.C15H28O2.Ir/c1-15(2)20-12-19-7-8-22-25(21-10-17(5)9-18(6)11-21)27-14-28-26(22)24(19)23(13-20)16(3)4;1-7-14(5,8-2)12(16)11-13(17)15(6,9-3)10-4;/h7-10,12-16H,1-6H3;11,16H,7-10H2,1-6H3;/q-1;;/b;12-11-;. The second-order valence-electron chi connectivity index (χ2n) is 13.9. The summed E-state index contributed by atoms with van der Waals surface area (Å²) in [7, 11) is 0. The van der Waals surface area contributed by atoms with Gasteiger partial charge in [-0.25, -0.2) is 4.98 Å². The van der Waals surface area contributed by atoms with Crippen molar-refractivity contribution in [3.8, 4) is 11.3 Å². The molecule has 4 rings (SSSR count). The van der Waals surface area contributed by atoms with Crippen molar-refractivity contribution in [1.29, 1.82) is 0 Å². The summed E-state index contributed by atoms with van der Waals surface area (Å²) >= 11 is 0. The van der Waals surface area contributed by atoms with E-state index in [0.29, 0.717) is 11.8 Å². The summed E-state index contributed by atoms with van der Waals surface area (Å²) in [6.45, 7) is 25.3. The van der Waals surface area contributed by atoms with Gasteiger partial charge in [0.15, 0.2) is 5.78 Å². The smallest absolute Gasteiger partial charge is 0.164 e. The van der Waals surface area contributed by atoms with Gasteiger partial charge < -0.3 is 5.11 Å². The fraction of sp³-hybridized carbons (Fsp3) is 0.488. The van der Waals surface area contributed by atoms with E-state index in [1.54, 1.807) is 6.33 Å². The summed E-state index contributed by atoms with van der Waals surface area (Å²) in [5.74, 6) is 1.22. The predicted octanol–water partition coefficient (Wildman–Crippen LogP) is 11.8. The molecule has 0 unspecified atom stereocenters. The first-order valence-corrected chi connectivity index (χ1v) is 16.8. The Morgan fingerprint density at radius 1 is 0.870 bits per heavy atom. The molecule has 251 valence electrons. The second kappa shape index (κ2) is 16.3. The van der Waals surface area contributed by atoms with Crippen LogP contribution in [0.5, 0.6) is 0 Å². The van der Waals surface area contributed by atoms with Crippen LogP contribution in [-0.4, -0.2) is 20.9 Å². The molecule has 0 amide bonds. The molecule has 0 aliphatic heterocycles. The van der Waals surface area contributed by atoms with Gasteiger partial charge in [-0.15, -0.1) is 34.9 Å². The number of hydrogen-bond acceptors (Lipinski definition) is 4.